The maximum Gasteiger partial charge on any atom is 0.243 e. The normalized spacial score (nSPS) is 20.7. The summed E-state index contributed by atoms with van der Waals surface area (Å²) in [6.45, 7) is 7.99. The minimum Gasteiger partial charge on any atom is -0.352 e. The molecule has 33 heavy (non-hydrogen) atoms. The number of aryl methyl sites for hydroxylation is 1. The zero-order valence-corrected chi connectivity index (χ0v) is 20.0. The maximum atomic E-state index is 13.4. The fourth-order valence-electron chi connectivity index (χ4n) is 4.63. The number of rotatable bonds is 9. The van der Waals surface area contributed by atoms with Crippen LogP contribution in [0.3, 0.4) is 0 Å². The van der Waals surface area contributed by atoms with Crippen molar-refractivity contribution in [1.82, 2.24) is 15.1 Å². The van der Waals surface area contributed by atoms with E-state index < -0.39 is 6.04 Å². The van der Waals surface area contributed by atoms with Gasteiger partial charge in [-0.2, -0.15) is 0 Å². The second-order valence-corrected chi connectivity index (χ2v) is 9.33. The van der Waals surface area contributed by atoms with Crippen LogP contribution < -0.4 is 5.32 Å². The molecule has 0 saturated carbocycles. The number of fused-ring (bicyclic) bond motifs is 1. The number of imide groups is 1. The van der Waals surface area contributed by atoms with E-state index in [1.165, 1.54) is 4.90 Å². The summed E-state index contributed by atoms with van der Waals surface area (Å²) in [5.41, 5.74) is 2.04. The molecule has 1 aliphatic heterocycles. The number of amides is 4. The summed E-state index contributed by atoms with van der Waals surface area (Å²) in [4.78, 5) is 54.6. The van der Waals surface area contributed by atoms with Crippen molar-refractivity contribution >= 4 is 23.6 Å². The molecule has 3 rings (SSSR count). The smallest absolute Gasteiger partial charge is 0.243 e. The highest BCUT2D eigenvalue weighted by atomic mass is 16.2. The minimum absolute atomic E-state index is 0.00166. The number of likely N-dealkylation sites (tertiary alicyclic amines) is 1. The van der Waals surface area contributed by atoms with Gasteiger partial charge in [-0.25, -0.2) is 0 Å². The summed E-state index contributed by atoms with van der Waals surface area (Å²) in [5, 5.41) is 2.91. The molecular formula is C26H35N3O4. The van der Waals surface area contributed by atoms with Crippen LogP contribution in [0.25, 0.3) is 0 Å². The van der Waals surface area contributed by atoms with Crippen molar-refractivity contribution in [2.75, 3.05) is 6.54 Å². The lowest BCUT2D eigenvalue weighted by atomic mass is 9.85. The fraction of sp³-hybridized carbons (Fsp3) is 0.538. The van der Waals surface area contributed by atoms with Gasteiger partial charge in [0, 0.05) is 25.6 Å². The van der Waals surface area contributed by atoms with Gasteiger partial charge in [-0.15, -0.1) is 0 Å². The highest BCUT2D eigenvalue weighted by Crippen LogP contribution is 2.35. The first kappa shape index (κ1) is 24.7. The van der Waals surface area contributed by atoms with E-state index in [4.69, 9.17) is 0 Å². The largest absolute Gasteiger partial charge is 0.352 e. The molecule has 0 bridgehead atoms. The molecule has 0 radical (unpaired) electrons. The molecule has 2 aliphatic rings. The van der Waals surface area contributed by atoms with Crippen LogP contribution in [0, 0.1) is 18.8 Å². The van der Waals surface area contributed by atoms with Crippen LogP contribution >= 0.6 is 0 Å². The number of nitrogens with zero attached hydrogens (tertiary/aromatic N) is 2. The van der Waals surface area contributed by atoms with Gasteiger partial charge in [-0.3, -0.25) is 24.1 Å². The predicted octanol–water partition coefficient (Wildman–Crippen LogP) is 2.97. The highest BCUT2D eigenvalue weighted by Gasteiger charge is 2.47. The van der Waals surface area contributed by atoms with Gasteiger partial charge in [0.2, 0.25) is 23.6 Å². The number of carbonyl (C=O) groups is 4. The van der Waals surface area contributed by atoms with Crippen molar-refractivity contribution in [3.8, 4) is 0 Å². The van der Waals surface area contributed by atoms with Crippen molar-refractivity contribution < 1.29 is 19.2 Å². The molecule has 0 spiro atoms. The molecular weight excluding hydrogens is 418 g/mol. The van der Waals surface area contributed by atoms with Crippen LogP contribution in [-0.4, -0.2) is 52.1 Å². The highest BCUT2D eigenvalue weighted by molar-refractivity contribution is 6.05. The summed E-state index contributed by atoms with van der Waals surface area (Å²) in [6.07, 6.45) is 5.52. The average Bonchev–Trinajstić information content (AvgIpc) is 3.02. The van der Waals surface area contributed by atoms with Crippen LogP contribution in [-0.2, 0) is 25.7 Å². The Labute approximate surface area is 196 Å². The summed E-state index contributed by atoms with van der Waals surface area (Å²) in [6, 6.07) is 7.19. The van der Waals surface area contributed by atoms with Gasteiger partial charge in [0.05, 0.1) is 11.8 Å². The molecule has 7 nitrogen and oxygen atoms in total. The Hall–Kier alpha value is -2.96. The lowest BCUT2D eigenvalue weighted by Crippen LogP contribution is -2.51. The van der Waals surface area contributed by atoms with Gasteiger partial charge >= 0.3 is 0 Å². The van der Waals surface area contributed by atoms with E-state index in [9.17, 15) is 19.2 Å². The molecule has 7 heteroatoms. The molecule has 1 aromatic rings. The number of hydrogen-bond donors (Lipinski definition) is 1. The van der Waals surface area contributed by atoms with Crippen LogP contribution in [0.15, 0.2) is 36.4 Å². The molecule has 1 aromatic carbocycles. The van der Waals surface area contributed by atoms with Crippen LogP contribution in [0.4, 0.5) is 0 Å². The molecule has 0 unspecified atom stereocenters. The first-order valence-corrected chi connectivity index (χ1v) is 11.9. The molecule has 1 heterocycles. The Morgan fingerprint density at radius 3 is 2.15 bits per heavy atom. The Bertz CT molecular complexity index is 896. The molecule has 1 saturated heterocycles. The monoisotopic (exact) mass is 453 g/mol. The Kier molecular flexibility index (Phi) is 8.06. The quantitative estimate of drug-likeness (QED) is 0.460. The molecule has 1 aliphatic carbocycles. The van der Waals surface area contributed by atoms with Crippen molar-refractivity contribution in [1.29, 1.82) is 0 Å². The summed E-state index contributed by atoms with van der Waals surface area (Å²) in [5.74, 6) is -1.41. The van der Waals surface area contributed by atoms with Gasteiger partial charge in [0.25, 0.3) is 0 Å². The van der Waals surface area contributed by atoms with E-state index in [0.717, 1.165) is 11.1 Å². The Morgan fingerprint density at radius 2 is 1.64 bits per heavy atom. The summed E-state index contributed by atoms with van der Waals surface area (Å²) in [7, 11) is 0. The summed E-state index contributed by atoms with van der Waals surface area (Å²) < 4.78 is 0. The maximum absolute atomic E-state index is 13.4. The number of benzene rings is 1. The number of carbonyl (C=O) groups excluding carboxylic acids is 4. The zero-order chi connectivity index (χ0) is 24.1. The Morgan fingerprint density at radius 1 is 1.06 bits per heavy atom. The minimum atomic E-state index is -0.627. The van der Waals surface area contributed by atoms with Crippen LogP contribution in [0.1, 0.15) is 57.6 Å². The van der Waals surface area contributed by atoms with Gasteiger partial charge in [0.1, 0.15) is 6.04 Å². The first-order valence-electron chi connectivity index (χ1n) is 11.9. The first-order chi connectivity index (χ1) is 15.7. The molecule has 178 valence electrons. The van der Waals surface area contributed by atoms with Crippen molar-refractivity contribution in [3.63, 3.8) is 0 Å². The third-order valence-electron chi connectivity index (χ3n) is 6.44. The van der Waals surface area contributed by atoms with E-state index >= 15 is 0 Å². The molecule has 1 fully saturated rings. The zero-order valence-electron chi connectivity index (χ0n) is 20.0. The van der Waals surface area contributed by atoms with Crippen molar-refractivity contribution in [2.45, 2.75) is 72.0 Å². The van der Waals surface area contributed by atoms with E-state index in [-0.39, 0.29) is 54.5 Å². The number of hydrogen-bond acceptors (Lipinski definition) is 4. The molecule has 3 atom stereocenters. The van der Waals surface area contributed by atoms with Gasteiger partial charge in [-0.05, 0) is 45.6 Å². The number of allylic oxidation sites excluding steroid dienone is 2. The van der Waals surface area contributed by atoms with E-state index in [0.29, 0.717) is 25.8 Å². The molecule has 0 aromatic heterocycles. The average molecular weight is 454 g/mol. The lowest BCUT2D eigenvalue weighted by Gasteiger charge is -2.31. The van der Waals surface area contributed by atoms with E-state index in [2.05, 4.69) is 5.32 Å². The third kappa shape index (κ3) is 5.70. The van der Waals surface area contributed by atoms with Crippen LogP contribution in [0.2, 0.25) is 0 Å². The van der Waals surface area contributed by atoms with Crippen molar-refractivity contribution in [3.05, 3.63) is 47.5 Å². The van der Waals surface area contributed by atoms with Gasteiger partial charge in [-0.1, -0.05) is 48.9 Å². The lowest BCUT2D eigenvalue weighted by molar-refractivity contribution is -0.144. The van der Waals surface area contributed by atoms with E-state index in [1.54, 1.807) is 4.90 Å². The van der Waals surface area contributed by atoms with Gasteiger partial charge in [0.15, 0.2) is 0 Å². The standard InChI is InChI=1S/C26H35N3O4/c1-5-22(24(31)27-17(2)3)29(16-19-12-10-18(4)11-13-19)23(30)14-15-28-25(32)20-8-6-7-9-21(20)26(28)33/h6-7,10-13,17,20-22H,5,8-9,14-16H2,1-4H3,(H,27,31)/t20-,21+,22-/m0/s1. The number of nitrogens with one attached hydrogen (secondary N) is 1. The molecule has 1 N–H and O–H groups in total. The van der Waals surface area contributed by atoms with Gasteiger partial charge < -0.3 is 10.2 Å². The van der Waals surface area contributed by atoms with E-state index in [1.807, 2.05) is 64.1 Å². The van der Waals surface area contributed by atoms with Crippen molar-refractivity contribution in [2.24, 2.45) is 11.8 Å². The topological polar surface area (TPSA) is 86.8 Å². The van der Waals surface area contributed by atoms with Crippen LogP contribution in [0.5, 0.6) is 0 Å². The third-order valence-corrected chi connectivity index (χ3v) is 6.44. The second kappa shape index (κ2) is 10.8. The molecule has 4 amide bonds. The second-order valence-electron chi connectivity index (χ2n) is 9.33. The predicted molar refractivity (Wildman–Crippen MR) is 126 cm³/mol. The fourth-order valence-corrected chi connectivity index (χ4v) is 4.63. The Balaban J connectivity index is 1.75. The SMILES string of the molecule is CC[C@@H](C(=O)NC(C)C)N(Cc1ccc(C)cc1)C(=O)CCN1C(=O)[C@H]2CC=CC[C@H]2C1=O. The summed E-state index contributed by atoms with van der Waals surface area (Å²) >= 11 is 0.